The summed E-state index contributed by atoms with van der Waals surface area (Å²) in [5.74, 6) is -1.54. The van der Waals surface area contributed by atoms with Crippen LogP contribution in [0.5, 0.6) is 0 Å². The zero-order chi connectivity index (χ0) is 14.5. The molecule has 0 saturated carbocycles. The van der Waals surface area contributed by atoms with Crippen LogP contribution < -0.4 is 0 Å². The maximum absolute atomic E-state index is 12.6. The number of halogens is 3. The Balaban J connectivity index is 2.68. The maximum atomic E-state index is 12.6. The summed E-state index contributed by atoms with van der Waals surface area (Å²) in [6, 6.07) is 0. The fourth-order valence-corrected chi connectivity index (χ4v) is 1.93. The third-order valence-corrected chi connectivity index (χ3v) is 2.94. The van der Waals surface area contributed by atoms with Gasteiger partial charge < -0.3 is 9.67 Å². The largest absolute Gasteiger partial charge is 0.478 e. The molecule has 1 aromatic rings. The molecule has 6 heteroatoms. The van der Waals surface area contributed by atoms with Crippen LogP contribution in [-0.2, 0) is 12.7 Å². The number of carboxylic acids is 1. The highest BCUT2D eigenvalue weighted by atomic mass is 19.4. The van der Waals surface area contributed by atoms with Crippen LogP contribution in [0.2, 0.25) is 0 Å². The summed E-state index contributed by atoms with van der Waals surface area (Å²) in [4.78, 5) is 10.8. The van der Waals surface area contributed by atoms with Crippen LogP contribution in [0.4, 0.5) is 13.2 Å². The first-order valence-corrected chi connectivity index (χ1v) is 6.36. The minimum atomic E-state index is -4.62. The predicted octanol–water partition coefficient (Wildman–Crippen LogP) is 4.18. The van der Waals surface area contributed by atoms with Gasteiger partial charge in [-0.25, -0.2) is 4.79 Å². The van der Waals surface area contributed by atoms with Crippen LogP contribution in [0.25, 0.3) is 0 Å². The summed E-state index contributed by atoms with van der Waals surface area (Å²) in [5, 5.41) is 8.77. The molecule has 3 nitrogen and oxygen atoms in total. The lowest BCUT2D eigenvalue weighted by Crippen LogP contribution is -2.09. The number of carbonyl (C=O) groups is 1. The third kappa shape index (κ3) is 4.61. The molecular formula is C13H18F3NO2. The monoisotopic (exact) mass is 277 g/mol. The van der Waals surface area contributed by atoms with Crippen LogP contribution in [-0.4, -0.2) is 15.6 Å². The number of nitrogens with zero attached hydrogens (tertiary/aromatic N) is 1. The van der Waals surface area contributed by atoms with Crippen molar-refractivity contribution in [1.82, 2.24) is 4.57 Å². The summed E-state index contributed by atoms with van der Waals surface area (Å²) in [6.45, 7) is 2.50. The van der Waals surface area contributed by atoms with Gasteiger partial charge in [-0.15, -0.1) is 0 Å². The highest BCUT2D eigenvalue weighted by Crippen LogP contribution is 2.32. The Morgan fingerprint density at radius 2 is 1.84 bits per heavy atom. The van der Waals surface area contributed by atoms with Gasteiger partial charge in [0.1, 0.15) is 0 Å². The van der Waals surface area contributed by atoms with E-state index in [-0.39, 0.29) is 0 Å². The fraction of sp³-hybridized carbons (Fsp3) is 0.615. The van der Waals surface area contributed by atoms with E-state index < -0.39 is 23.3 Å². The molecular weight excluding hydrogens is 259 g/mol. The van der Waals surface area contributed by atoms with Gasteiger partial charge in [0, 0.05) is 18.9 Å². The third-order valence-electron chi connectivity index (χ3n) is 2.94. The van der Waals surface area contributed by atoms with E-state index in [1.165, 1.54) is 4.57 Å². The molecule has 0 saturated heterocycles. The number of aromatic nitrogens is 1. The summed E-state index contributed by atoms with van der Waals surface area (Å²) < 4.78 is 39.2. The number of alkyl halides is 3. The topological polar surface area (TPSA) is 42.2 Å². The molecule has 19 heavy (non-hydrogen) atoms. The van der Waals surface area contributed by atoms with Crippen molar-refractivity contribution in [3.05, 3.63) is 23.5 Å². The second kappa shape index (κ2) is 6.63. The number of aromatic carboxylic acids is 1. The second-order valence-electron chi connectivity index (χ2n) is 4.54. The first-order valence-electron chi connectivity index (χ1n) is 6.36. The Bertz CT molecular complexity index is 424. The van der Waals surface area contributed by atoms with E-state index in [1.807, 2.05) is 0 Å². The first kappa shape index (κ1) is 15.6. The van der Waals surface area contributed by atoms with Gasteiger partial charge in [0.05, 0.1) is 11.1 Å². The molecule has 1 heterocycles. The maximum Gasteiger partial charge on any atom is 0.418 e. The average Bonchev–Trinajstić information content (AvgIpc) is 2.73. The number of hydrogen-bond donors (Lipinski definition) is 1. The van der Waals surface area contributed by atoms with Crippen molar-refractivity contribution < 1.29 is 23.1 Å². The number of aryl methyl sites for hydroxylation is 1. The number of unbranched alkanes of at least 4 members (excludes halogenated alkanes) is 4. The van der Waals surface area contributed by atoms with Gasteiger partial charge in [0.2, 0.25) is 0 Å². The molecule has 0 aliphatic carbocycles. The van der Waals surface area contributed by atoms with Crippen LogP contribution in [0.15, 0.2) is 12.4 Å². The second-order valence-corrected chi connectivity index (χ2v) is 4.54. The van der Waals surface area contributed by atoms with Gasteiger partial charge in [0.15, 0.2) is 0 Å². The van der Waals surface area contributed by atoms with Gasteiger partial charge in [-0.2, -0.15) is 13.2 Å². The van der Waals surface area contributed by atoms with Gasteiger partial charge in [-0.3, -0.25) is 0 Å². The predicted molar refractivity (Wildman–Crippen MR) is 65.2 cm³/mol. The lowest BCUT2D eigenvalue weighted by Gasteiger charge is -2.04. The van der Waals surface area contributed by atoms with Crippen molar-refractivity contribution in [2.75, 3.05) is 0 Å². The standard InChI is InChI=1S/C13H18F3NO2/c1-2-3-4-5-6-7-17-8-10(12(18)19)11(9-17)13(14,15)16/h8-9H,2-7H2,1H3,(H,18,19). The summed E-state index contributed by atoms with van der Waals surface area (Å²) >= 11 is 0. The molecule has 1 aromatic heterocycles. The summed E-state index contributed by atoms with van der Waals surface area (Å²) in [6.07, 6.45) is 2.27. The van der Waals surface area contributed by atoms with E-state index in [4.69, 9.17) is 5.11 Å². The smallest absolute Gasteiger partial charge is 0.418 e. The van der Waals surface area contributed by atoms with Crippen molar-refractivity contribution in [1.29, 1.82) is 0 Å². The molecule has 0 aliphatic rings. The average molecular weight is 277 g/mol. The Hall–Kier alpha value is -1.46. The molecule has 0 bridgehead atoms. The van der Waals surface area contributed by atoms with E-state index in [1.54, 1.807) is 0 Å². The molecule has 1 N–H and O–H groups in total. The van der Waals surface area contributed by atoms with Crippen LogP contribution >= 0.6 is 0 Å². The molecule has 0 unspecified atom stereocenters. The Kier molecular flexibility index (Phi) is 5.44. The quantitative estimate of drug-likeness (QED) is 0.760. The first-order chi connectivity index (χ1) is 8.86. The molecule has 108 valence electrons. The van der Waals surface area contributed by atoms with Gasteiger partial charge in [-0.05, 0) is 6.42 Å². The van der Waals surface area contributed by atoms with Crippen molar-refractivity contribution in [3.8, 4) is 0 Å². The van der Waals surface area contributed by atoms with Crippen molar-refractivity contribution in [2.24, 2.45) is 0 Å². The number of carboxylic acid groups (broad SMARTS) is 1. The van der Waals surface area contributed by atoms with Crippen molar-refractivity contribution in [3.63, 3.8) is 0 Å². The SMILES string of the molecule is CCCCCCCn1cc(C(=O)O)c(C(F)(F)F)c1. The fourth-order valence-electron chi connectivity index (χ4n) is 1.93. The Labute approximate surface area is 110 Å². The molecule has 1 rings (SSSR count). The van der Waals surface area contributed by atoms with Gasteiger partial charge in [0.25, 0.3) is 0 Å². The molecule has 0 fully saturated rings. The minimum absolute atomic E-state index is 0.417. The zero-order valence-electron chi connectivity index (χ0n) is 10.8. The molecule has 0 spiro atoms. The van der Waals surface area contributed by atoms with Crippen LogP contribution in [0.3, 0.4) is 0 Å². The van der Waals surface area contributed by atoms with Gasteiger partial charge >= 0.3 is 12.1 Å². The van der Waals surface area contributed by atoms with E-state index in [9.17, 15) is 18.0 Å². The number of rotatable bonds is 7. The lowest BCUT2D eigenvalue weighted by atomic mass is 10.1. The van der Waals surface area contributed by atoms with E-state index in [0.717, 1.165) is 44.5 Å². The molecule has 0 aliphatic heterocycles. The van der Waals surface area contributed by atoms with Crippen LogP contribution in [0.1, 0.15) is 54.9 Å². The molecule has 0 aromatic carbocycles. The Morgan fingerprint density at radius 3 is 2.32 bits per heavy atom. The molecule has 0 radical (unpaired) electrons. The normalized spacial score (nSPS) is 11.8. The van der Waals surface area contributed by atoms with E-state index in [0.29, 0.717) is 6.54 Å². The highest BCUT2D eigenvalue weighted by Gasteiger charge is 2.36. The Morgan fingerprint density at radius 1 is 1.21 bits per heavy atom. The van der Waals surface area contributed by atoms with Gasteiger partial charge in [-0.1, -0.05) is 32.6 Å². The minimum Gasteiger partial charge on any atom is -0.478 e. The molecule has 0 atom stereocenters. The number of hydrogen-bond acceptors (Lipinski definition) is 1. The van der Waals surface area contributed by atoms with Crippen molar-refractivity contribution in [2.45, 2.75) is 51.7 Å². The lowest BCUT2D eigenvalue weighted by molar-refractivity contribution is -0.138. The summed E-state index contributed by atoms with van der Waals surface area (Å²) in [5.41, 5.74) is -1.75. The van der Waals surface area contributed by atoms with Crippen LogP contribution in [0, 0.1) is 0 Å². The molecule has 0 amide bonds. The summed E-state index contributed by atoms with van der Waals surface area (Å²) in [7, 11) is 0. The zero-order valence-corrected chi connectivity index (χ0v) is 10.8. The van der Waals surface area contributed by atoms with Crippen molar-refractivity contribution >= 4 is 5.97 Å². The highest BCUT2D eigenvalue weighted by molar-refractivity contribution is 5.89. The van der Waals surface area contributed by atoms with E-state index in [2.05, 4.69) is 6.92 Å². The van der Waals surface area contributed by atoms with E-state index >= 15 is 0 Å².